The first-order valence-corrected chi connectivity index (χ1v) is 17.8. The summed E-state index contributed by atoms with van der Waals surface area (Å²) in [5.41, 5.74) is 4.81. The van der Waals surface area contributed by atoms with Crippen LogP contribution in [0.3, 0.4) is 0 Å². The number of carbonyl (C=O) groups excluding carboxylic acids is 4. The summed E-state index contributed by atoms with van der Waals surface area (Å²) in [6.07, 6.45) is 1.60. The van der Waals surface area contributed by atoms with E-state index in [1.807, 2.05) is 42.8 Å². The number of alkyl halides is 1. The van der Waals surface area contributed by atoms with Crippen LogP contribution in [0.25, 0.3) is 0 Å². The van der Waals surface area contributed by atoms with Crippen molar-refractivity contribution in [1.82, 2.24) is 30.7 Å². The van der Waals surface area contributed by atoms with Gasteiger partial charge in [0.2, 0.25) is 17.7 Å². The molecule has 0 aromatic rings. The van der Waals surface area contributed by atoms with Crippen LogP contribution >= 0.6 is 15.9 Å². The Morgan fingerprint density at radius 1 is 0.760 bits per heavy atom. The Kier molecular flexibility index (Phi) is 31.0. The van der Waals surface area contributed by atoms with Gasteiger partial charge in [-0.05, 0) is 32.4 Å². The Labute approximate surface area is 304 Å². The minimum absolute atomic E-state index is 0.0751. The number of halogens is 1. The number of imide groups is 1. The molecule has 1 unspecified atom stereocenters. The van der Waals surface area contributed by atoms with Crippen molar-refractivity contribution in [3.63, 3.8) is 0 Å². The van der Waals surface area contributed by atoms with Crippen molar-refractivity contribution in [3.05, 3.63) is 0 Å². The van der Waals surface area contributed by atoms with E-state index in [4.69, 9.17) is 25.4 Å². The lowest BCUT2D eigenvalue weighted by Gasteiger charge is -2.34. The highest BCUT2D eigenvalue weighted by Crippen LogP contribution is 2.26. The summed E-state index contributed by atoms with van der Waals surface area (Å²) in [5.74, 6) is -1.75. The molecule has 0 aliphatic heterocycles. The number of carbonyl (C=O) groups is 5. The number of carboxylic acids is 1. The summed E-state index contributed by atoms with van der Waals surface area (Å²) in [6, 6.07) is -1.07. The zero-order chi connectivity index (χ0) is 38.4. The highest BCUT2D eigenvalue weighted by Gasteiger charge is 2.32. The number of carboxylic acid groups (broad SMARTS) is 1. The Bertz CT molecular complexity index is 949. The van der Waals surface area contributed by atoms with Gasteiger partial charge in [0.05, 0.1) is 59.3 Å². The van der Waals surface area contributed by atoms with Gasteiger partial charge in [-0.15, -0.1) is 0 Å². The van der Waals surface area contributed by atoms with Crippen LogP contribution in [-0.4, -0.2) is 187 Å². The Hall–Kier alpha value is -2.49. The lowest BCUT2D eigenvalue weighted by atomic mass is 10.0. The van der Waals surface area contributed by atoms with Gasteiger partial charge in [-0.1, -0.05) is 43.6 Å². The van der Waals surface area contributed by atoms with Crippen LogP contribution in [0.1, 0.15) is 47.0 Å². The molecule has 0 heterocycles. The monoisotopic (exact) mass is 787 g/mol. The van der Waals surface area contributed by atoms with E-state index in [0.717, 1.165) is 0 Å². The van der Waals surface area contributed by atoms with Crippen molar-refractivity contribution in [3.8, 4) is 0 Å². The number of aliphatic carboxylic acids is 1. The maximum absolute atomic E-state index is 12.4. The van der Waals surface area contributed by atoms with Gasteiger partial charge < -0.3 is 46.3 Å². The summed E-state index contributed by atoms with van der Waals surface area (Å²) < 4.78 is 9.59. The first-order chi connectivity index (χ1) is 23.8. The molecule has 18 nitrogen and oxygen atoms in total. The van der Waals surface area contributed by atoms with Crippen LogP contribution in [0.15, 0.2) is 0 Å². The third kappa shape index (κ3) is 25.5. The number of urea groups is 1. The fourth-order valence-corrected chi connectivity index (χ4v) is 4.65. The molecule has 19 heteroatoms. The Morgan fingerprint density at radius 2 is 1.28 bits per heavy atom. The molecule has 0 aromatic heterocycles. The zero-order valence-electron chi connectivity index (χ0n) is 30.2. The van der Waals surface area contributed by atoms with E-state index < -0.39 is 16.3 Å². The molecule has 9 N–H and O–H groups in total. The zero-order valence-corrected chi connectivity index (χ0v) is 31.7. The van der Waals surface area contributed by atoms with Crippen molar-refractivity contribution in [2.75, 3.05) is 112 Å². The quantitative estimate of drug-likeness (QED) is 0.0306. The SMILES string of the molecule is CCC(Br)(CC)C(=O)NC(N)=O.CCN(CCN(CC(=O)O)CC(CCO)N(CC)CC(=O)NCCOCCO)CC(=O)NCCOCCO. The number of likely N-dealkylation sites (N-methyl/N-ethyl adjacent to an activating group) is 2. The topological polar surface area (TPSA) is 257 Å². The highest BCUT2D eigenvalue weighted by atomic mass is 79.9. The largest absolute Gasteiger partial charge is 0.480 e. The maximum Gasteiger partial charge on any atom is 0.318 e. The Balaban J connectivity index is 0. The lowest BCUT2D eigenvalue weighted by molar-refractivity contribution is -0.139. The minimum Gasteiger partial charge on any atom is -0.480 e. The molecule has 0 saturated heterocycles. The number of rotatable bonds is 29. The molecular formula is C31H62BrN7O11. The van der Waals surface area contributed by atoms with Gasteiger partial charge in [0.15, 0.2) is 0 Å². The minimum atomic E-state index is -0.986. The average Bonchev–Trinajstić information content (AvgIpc) is 3.07. The molecule has 294 valence electrons. The smallest absolute Gasteiger partial charge is 0.318 e. The summed E-state index contributed by atoms with van der Waals surface area (Å²) in [6.45, 7) is 11.3. The van der Waals surface area contributed by atoms with E-state index in [0.29, 0.717) is 71.7 Å². The third-order valence-electron chi connectivity index (χ3n) is 7.48. The number of nitrogens with zero attached hydrogens (tertiary/aromatic N) is 3. The summed E-state index contributed by atoms with van der Waals surface area (Å²) in [7, 11) is 0. The van der Waals surface area contributed by atoms with E-state index in [9.17, 15) is 34.2 Å². The molecule has 0 rings (SSSR count). The second kappa shape index (κ2) is 31.3. The van der Waals surface area contributed by atoms with E-state index in [-0.39, 0.29) is 83.0 Å². The van der Waals surface area contributed by atoms with E-state index >= 15 is 0 Å². The lowest BCUT2D eigenvalue weighted by Crippen LogP contribution is -2.50. The number of aliphatic hydroxyl groups is 3. The first kappa shape index (κ1) is 49.6. The molecule has 5 amide bonds. The van der Waals surface area contributed by atoms with E-state index in [2.05, 4.69) is 26.6 Å². The molecule has 0 aromatic carbocycles. The third-order valence-corrected chi connectivity index (χ3v) is 8.96. The molecule has 0 aliphatic rings. The van der Waals surface area contributed by atoms with Gasteiger partial charge in [-0.3, -0.25) is 39.2 Å². The number of aliphatic hydroxyl groups excluding tert-OH is 3. The average molecular weight is 789 g/mol. The summed E-state index contributed by atoms with van der Waals surface area (Å²) >= 11 is 3.26. The summed E-state index contributed by atoms with van der Waals surface area (Å²) in [5, 5.41) is 44.1. The number of amides is 5. The van der Waals surface area contributed by atoms with Crippen LogP contribution in [0.5, 0.6) is 0 Å². The van der Waals surface area contributed by atoms with Gasteiger partial charge in [-0.25, -0.2) is 4.79 Å². The van der Waals surface area contributed by atoms with Gasteiger partial charge in [-0.2, -0.15) is 0 Å². The number of nitrogens with two attached hydrogens (primary N) is 1. The van der Waals surface area contributed by atoms with E-state index in [1.165, 1.54) is 0 Å². The highest BCUT2D eigenvalue weighted by molar-refractivity contribution is 9.10. The van der Waals surface area contributed by atoms with E-state index in [1.54, 1.807) is 4.90 Å². The predicted molar refractivity (Wildman–Crippen MR) is 191 cm³/mol. The number of ether oxygens (including phenoxy) is 2. The maximum atomic E-state index is 12.4. The summed E-state index contributed by atoms with van der Waals surface area (Å²) in [4.78, 5) is 63.4. The van der Waals surface area contributed by atoms with Crippen LogP contribution in [-0.2, 0) is 28.7 Å². The number of hydrogen-bond acceptors (Lipinski definition) is 13. The second-order valence-corrected chi connectivity index (χ2v) is 12.6. The fraction of sp³-hybridized carbons (Fsp3) is 0.839. The normalized spacial score (nSPS) is 12.0. The van der Waals surface area contributed by atoms with Gasteiger partial charge in [0, 0.05) is 45.4 Å². The van der Waals surface area contributed by atoms with Crippen LogP contribution in [0, 0.1) is 0 Å². The van der Waals surface area contributed by atoms with Gasteiger partial charge in [0.1, 0.15) is 4.32 Å². The molecule has 0 bridgehead atoms. The second-order valence-electron chi connectivity index (χ2n) is 11.1. The predicted octanol–water partition coefficient (Wildman–Crippen LogP) is -1.85. The molecule has 1 atom stereocenters. The van der Waals surface area contributed by atoms with Gasteiger partial charge >= 0.3 is 12.0 Å². The van der Waals surface area contributed by atoms with Crippen molar-refractivity contribution >= 4 is 45.7 Å². The van der Waals surface area contributed by atoms with Crippen LogP contribution < -0.4 is 21.7 Å². The molecule has 0 radical (unpaired) electrons. The molecule has 50 heavy (non-hydrogen) atoms. The van der Waals surface area contributed by atoms with Crippen molar-refractivity contribution < 1.29 is 53.9 Å². The standard InChI is InChI=1S/C24H49N5O9.C7H13BrN2O2/c1-3-27(18-22(33)25-6-13-37-15-11-31)8-9-28(20-24(35)36)17-21(5-10-30)29(4-2)19-23(34)26-7-14-38-16-12-32;1-3-7(8,4-2)5(11)10-6(9)12/h21,30-32H,3-20H2,1-2H3,(H,25,33)(H,26,34)(H,35,36);3-4H2,1-2H3,(H3,9,10,11,12). The van der Waals surface area contributed by atoms with Crippen molar-refractivity contribution in [2.24, 2.45) is 5.73 Å². The Morgan fingerprint density at radius 3 is 1.70 bits per heavy atom. The number of primary amides is 1. The number of hydrogen-bond donors (Lipinski definition) is 8. The fourth-order valence-electron chi connectivity index (χ4n) is 4.55. The molecular weight excluding hydrogens is 726 g/mol. The van der Waals surface area contributed by atoms with Crippen LogP contribution in [0.2, 0.25) is 0 Å². The molecule has 0 spiro atoms. The van der Waals surface area contributed by atoms with Crippen LogP contribution in [0.4, 0.5) is 4.79 Å². The molecule has 0 aliphatic carbocycles. The number of nitrogens with one attached hydrogen (secondary N) is 3. The van der Waals surface area contributed by atoms with Crippen molar-refractivity contribution in [2.45, 2.75) is 57.3 Å². The first-order valence-electron chi connectivity index (χ1n) is 17.0. The van der Waals surface area contributed by atoms with Gasteiger partial charge in [0.25, 0.3) is 0 Å². The van der Waals surface area contributed by atoms with Crippen molar-refractivity contribution in [1.29, 1.82) is 0 Å². The molecule has 0 fully saturated rings. The molecule has 0 saturated carbocycles.